The Labute approximate surface area is 121 Å². The lowest BCUT2D eigenvalue weighted by Crippen LogP contribution is -2.20. The zero-order chi connectivity index (χ0) is 14.5. The summed E-state index contributed by atoms with van der Waals surface area (Å²) in [7, 11) is 0. The first-order chi connectivity index (χ1) is 9.56. The molecule has 0 spiro atoms. The van der Waals surface area contributed by atoms with Gasteiger partial charge in [-0.3, -0.25) is 10.1 Å². The Kier molecular flexibility index (Phi) is 4.81. The van der Waals surface area contributed by atoms with Crippen LogP contribution in [-0.4, -0.2) is 21.2 Å². The second-order valence-electron chi connectivity index (χ2n) is 4.90. The van der Waals surface area contributed by atoms with Crippen LogP contribution in [0.4, 0.5) is 5.13 Å². The minimum atomic E-state index is -1.20. The second kappa shape index (κ2) is 6.58. The number of nitrogens with zero attached hydrogens (tertiary/aromatic N) is 2. The molecule has 20 heavy (non-hydrogen) atoms. The summed E-state index contributed by atoms with van der Waals surface area (Å²) < 4.78 is 0. The molecule has 1 aromatic carbocycles. The fourth-order valence-electron chi connectivity index (χ4n) is 1.70. The first-order valence-corrected chi connectivity index (χ1v) is 7.24. The Bertz CT molecular complexity index is 569. The van der Waals surface area contributed by atoms with E-state index in [0.717, 1.165) is 11.4 Å². The molecule has 106 valence electrons. The maximum Gasteiger partial charge on any atom is 0.259 e. The van der Waals surface area contributed by atoms with Gasteiger partial charge >= 0.3 is 0 Å². The van der Waals surface area contributed by atoms with E-state index in [1.165, 1.54) is 11.3 Å². The van der Waals surface area contributed by atoms with Crippen molar-refractivity contribution in [2.24, 2.45) is 5.92 Å². The third kappa shape index (κ3) is 3.85. The molecule has 2 rings (SSSR count). The molecule has 0 bridgehead atoms. The fraction of sp³-hybridized carbons (Fsp3) is 0.357. The third-order valence-corrected chi connectivity index (χ3v) is 3.50. The number of aliphatic hydroxyl groups excluding tert-OH is 1. The van der Waals surface area contributed by atoms with Crippen LogP contribution in [0.2, 0.25) is 0 Å². The van der Waals surface area contributed by atoms with Crippen LogP contribution in [0, 0.1) is 5.92 Å². The highest BCUT2D eigenvalue weighted by Gasteiger charge is 2.18. The van der Waals surface area contributed by atoms with Crippen molar-refractivity contribution in [3.8, 4) is 0 Å². The third-order valence-electron chi connectivity index (χ3n) is 2.64. The van der Waals surface area contributed by atoms with Crippen molar-refractivity contribution in [3.63, 3.8) is 0 Å². The number of hydrogen-bond donors (Lipinski definition) is 2. The van der Waals surface area contributed by atoms with Gasteiger partial charge in [0, 0.05) is 6.42 Å². The van der Waals surface area contributed by atoms with E-state index in [9.17, 15) is 9.90 Å². The lowest BCUT2D eigenvalue weighted by molar-refractivity contribution is -0.124. The highest BCUT2D eigenvalue weighted by atomic mass is 32.1. The Hall–Kier alpha value is -1.79. The van der Waals surface area contributed by atoms with Gasteiger partial charge in [0.1, 0.15) is 5.01 Å². The first kappa shape index (κ1) is 14.6. The van der Waals surface area contributed by atoms with E-state index < -0.39 is 12.0 Å². The van der Waals surface area contributed by atoms with Crippen molar-refractivity contribution in [3.05, 3.63) is 40.9 Å². The molecule has 0 aliphatic carbocycles. The number of benzene rings is 1. The van der Waals surface area contributed by atoms with Gasteiger partial charge in [-0.05, 0) is 11.5 Å². The standard InChI is InChI=1S/C14H17N3O2S/c1-9(2)8-11-16-17-14(20-11)15-13(19)12(18)10-6-4-3-5-7-10/h3-7,9,12,18H,8H2,1-2H3,(H,15,17,19). The minimum absolute atomic E-state index is 0.417. The van der Waals surface area contributed by atoms with E-state index >= 15 is 0 Å². The van der Waals surface area contributed by atoms with Gasteiger partial charge in [0.15, 0.2) is 6.10 Å². The van der Waals surface area contributed by atoms with Crippen LogP contribution in [0.25, 0.3) is 0 Å². The monoisotopic (exact) mass is 291 g/mol. The molecule has 0 saturated heterocycles. The summed E-state index contributed by atoms with van der Waals surface area (Å²) in [5.41, 5.74) is 0.553. The fourth-order valence-corrected chi connectivity index (χ4v) is 2.65. The summed E-state index contributed by atoms with van der Waals surface area (Å²) in [5.74, 6) is -0.00939. The lowest BCUT2D eigenvalue weighted by Gasteiger charge is -2.09. The highest BCUT2D eigenvalue weighted by molar-refractivity contribution is 7.15. The average molecular weight is 291 g/mol. The molecule has 0 fully saturated rings. The molecule has 6 heteroatoms. The quantitative estimate of drug-likeness (QED) is 0.887. The molecule has 0 radical (unpaired) electrons. The second-order valence-corrected chi connectivity index (χ2v) is 5.96. The van der Waals surface area contributed by atoms with Crippen molar-refractivity contribution in [2.45, 2.75) is 26.4 Å². The van der Waals surface area contributed by atoms with Crippen molar-refractivity contribution < 1.29 is 9.90 Å². The van der Waals surface area contributed by atoms with Crippen LogP contribution in [-0.2, 0) is 11.2 Å². The molecular formula is C14H17N3O2S. The molecule has 1 heterocycles. The van der Waals surface area contributed by atoms with E-state index in [4.69, 9.17) is 0 Å². The highest BCUT2D eigenvalue weighted by Crippen LogP contribution is 2.20. The van der Waals surface area contributed by atoms with E-state index in [-0.39, 0.29) is 0 Å². The Morgan fingerprint density at radius 2 is 2.00 bits per heavy atom. The van der Waals surface area contributed by atoms with Gasteiger partial charge in [-0.25, -0.2) is 0 Å². The summed E-state index contributed by atoms with van der Waals surface area (Å²) >= 11 is 1.34. The molecule has 1 unspecified atom stereocenters. The number of aromatic nitrogens is 2. The number of rotatable bonds is 5. The van der Waals surface area contributed by atoms with Crippen molar-refractivity contribution >= 4 is 22.4 Å². The SMILES string of the molecule is CC(C)Cc1nnc(NC(=O)C(O)c2ccccc2)s1. The van der Waals surface area contributed by atoms with E-state index in [2.05, 4.69) is 29.4 Å². The van der Waals surface area contributed by atoms with E-state index in [1.54, 1.807) is 24.3 Å². The molecule has 2 aromatic rings. The topological polar surface area (TPSA) is 75.1 Å². The molecule has 1 aromatic heterocycles. The van der Waals surface area contributed by atoms with Crippen molar-refractivity contribution in [1.29, 1.82) is 0 Å². The molecule has 0 aliphatic rings. The van der Waals surface area contributed by atoms with Gasteiger partial charge in [0.2, 0.25) is 5.13 Å². The molecule has 2 N–H and O–H groups in total. The van der Waals surface area contributed by atoms with Crippen LogP contribution >= 0.6 is 11.3 Å². The Balaban J connectivity index is 1.99. The van der Waals surface area contributed by atoms with E-state index in [0.29, 0.717) is 16.6 Å². The summed E-state index contributed by atoms with van der Waals surface area (Å²) in [5, 5.41) is 21.8. The van der Waals surface area contributed by atoms with Gasteiger partial charge in [-0.2, -0.15) is 0 Å². The number of amides is 1. The molecule has 5 nitrogen and oxygen atoms in total. The molecular weight excluding hydrogens is 274 g/mol. The molecule has 1 amide bonds. The predicted molar refractivity (Wildman–Crippen MR) is 78.5 cm³/mol. The minimum Gasteiger partial charge on any atom is -0.378 e. The van der Waals surface area contributed by atoms with Crippen LogP contribution in [0.3, 0.4) is 0 Å². The van der Waals surface area contributed by atoms with Gasteiger partial charge in [-0.1, -0.05) is 55.5 Å². The summed E-state index contributed by atoms with van der Waals surface area (Å²) in [6.45, 7) is 4.19. The largest absolute Gasteiger partial charge is 0.378 e. The molecule has 0 aliphatic heterocycles. The van der Waals surface area contributed by atoms with Crippen molar-refractivity contribution in [2.75, 3.05) is 5.32 Å². The van der Waals surface area contributed by atoms with Gasteiger partial charge in [0.05, 0.1) is 0 Å². The zero-order valence-electron chi connectivity index (χ0n) is 11.4. The summed E-state index contributed by atoms with van der Waals surface area (Å²) in [6, 6.07) is 8.79. The Morgan fingerprint density at radius 1 is 1.30 bits per heavy atom. The molecule has 0 saturated carbocycles. The average Bonchev–Trinajstić information content (AvgIpc) is 2.85. The normalized spacial score (nSPS) is 12.4. The van der Waals surface area contributed by atoms with Crippen LogP contribution in [0.15, 0.2) is 30.3 Å². The lowest BCUT2D eigenvalue weighted by atomic mass is 10.1. The number of carbonyl (C=O) groups excluding carboxylic acids is 1. The van der Waals surface area contributed by atoms with Crippen LogP contribution in [0.5, 0.6) is 0 Å². The maximum absolute atomic E-state index is 11.9. The number of aliphatic hydroxyl groups is 1. The first-order valence-electron chi connectivity index (χ1n) is 6.42. The number of nitrogens with one attached hydrogen (secondary N) is 1. The van der Waals surface area contributed by atoms with Crippen LogP contribution in [0.1, 0.15) is 30.5 Å². The summed E-state index contributed by atoms with van der Waals surface area (Å²) in [6.07, 6.45) is -0.372. The van der Waals surface area contributed by atoms with E-state index in [1.807, 2.05) is 6.07 Å². The maximum atomic E-state index is 11.9. The van der Waals surface area contributed by atoms with Gasteiger partial charge < -0.3 is 5.11 Å². The predicted octanol–water partition coefficient (Wildman–Crippen LogP) is 2.41. The number of anilines is 1. The van der Waals surface area contributed by atoms with Gasteiger partial charge in [-0.15, -0.1) is 10.2 Å². The molecule has 1 atom stereocenters. The number of carbonyl (C=O) groups is 1. The number of hydrogen-bond acceptors (Lipinski definition) is 5. The van der Waals surface area contributed by atoms with Crippen molar-refractivity contribution in [1.82, 2.24) is 10.2 Å². The smallest absolute Gasteiger partial charge is 0.259 e. The Morgan fingerprint density at radius 3 is 2.65 bits per heavy atom. The van der Waals surface area contributed by atoms with Crippen LogP contribution < -0.4 is 5.32 Å². The van der Waals surface area contributed by atoms with Gasteiger partial charge in [0.25, 0.3) is 5.91 Å². The zero-order valence-corrected chi connectivity index (χ0v) is 12.2. The summed E-state index contributed by atoms with van der Waals surface area (Å²) in [4.78, 5) is 11.9.